The standard InChI is InChI=1S/C19H21N3O2S/c1-3-12-20-19(24)22-17-10-8-16(9-11-17)21-18(23)15-6-4-14(5-7-15)13-25-2/h3-11H,1,12-13H2,2H3,(H,21,23)(H2,20,22,24). The van der Waals surface area contributed by atoms with Crippen LogP contribution in [0.4, 0.5) is 16.2 Å². The Bertz CT molecular complexity index is 727. The van der Waals surface area contributed by atoms with Crippen molar-refractivity contribution in [3.05, 3.63) is 72.3 Å². The second-order valence-corrected chi connectivity index (χ2v) is 6.15. The molecule has 0 aliphatic rings. The largest absolute Gasteiger partial charge is 0.334 e. The summed E-state index contributed by atoms with van der Waals surface area (Å²) in [5.41, 5.74) is 3.10. The third-order valence-electron chi connectivity index (χ3n) is 3.33. The number of benzene rings is 2. The lowest BCUT2D eigenvalue weighted by molar-refractivity contribution is 0.102. The van der Waals surface area contributed by atoms with E-state index < -0.39 is 0 Å². The Morgan fingerprint density at radius 3 is 2.16 bits per heavy atom. The van der Waals surface area contributed by atoms with E-state index in [1.807, 2.05) is 30.5 Å². The molecule has 0 fully saturated rings. The topological polar surface area (TPSA) is 70.2 Å². The van der Waals surface area contributed by atoms with Gasteiger partial charge < -0.3 is 16.0 Å². The Labute approximate surface area is 151 Å². The van der Waals surface area contributed by atoms with Gasteiger partial charge in [0.25, 0.3) is 5.91 Å². The van der Waals surface area contributed by atoms with Gasteiger partial charge in [-0.15, -0.1) is 6.58 Å². The lowest BCUT2D eigenvalue weighted by Crippen LogP contribution is -2.28. The van der Waals surface area contributed by atoms with Crippen molar-refractivity contribution in [1.82, 2.24) is 5.32 Å². The smallest absolute Gasteiger partial charge is 0.319 e. The van der Waals surface area contributed by atoms with Gasteiger partial charge in [0.15, 0.2) is 0 Å². The Morgan fingerprint density at radius 1 is 1.00 bits per heavy atom. The highest BCUT2D eigenvalue weighted by Crippen LogP contribution is 2.16. The summed E-state index contributed by atoms with van der Waals surface area (Å²) in [6.45, 7) is 3.93. The summed E-state index contributed by atoms with van der Waals surface area (Å²) in [6, 6.07) is 14.2. The molecule has 2 aromatic rings. The van der Waals surface area contributed by atoms with Gasteiger partial charge in [-0.3, -0.25) is 4.79 Å². The van der Waals surface area contributed by atoms with Gasteiger partial charge in [-0.2, -0.15) is 11.8 Å². The number of carbonyl (C=O) groups is 2. The van der Waals surface area contributed by atoms with Crippen molar-refractivity contribution in [1.29, 1.82) is 0 Å². The molecule has 5 nitrogen and oxygen atoms in total. The molecule has 0 heterocycles. The van der Waals surface area contributed by atoms with Crippen LogP contribution in [0.15, 0.2) is 61.2 Å². The van der Waals surface area contributed by atoms with Crippen LogP contribution in [0.5, 0.6) is 0 Å². The number of rotatable bonds is 7. The van der Waals surface area contributed by atoms with Crippen molar-refractivity contribution in [2.75, 3.05) is 23.4 Å². The van der Waals surface area contributed by atoms with E-state index in [0.717, 1.165) is 5.75 Å². The predicted molar refractivity (Wildman–Crippen MR) is 105 cm³/mol. The van der Waals surface area contributed by atoms with E-state index in [1.54, 1.807) is 42.1 Å². The summed E-state index contributed by atoms with van der Waals surface area (Å²) in [7, 11) is 0. The maximum atomic E-state index is 12.3. The van der Waals surface area contributed by atoms with Gasteiger partial charge in [0, 0.05) is 29.2 Å². The van der Waals surface area contributed by atoms with Crippen LogP contribution in [0.3, 0.4) is 0 Å². The molecule has 130 valence electrons. The maximum Gasteiger partial charge on any atom is 0.319 e. The third kappa shape index (κ3) is 6.00. The average Bonchev–Trinajstić information content (AvgIpc) is 2.62. The van der Waals surface area contributed by atoms with Crippen molar-refractivity contribution in [2.24, 2.45) is 0 Å². The molecule has 0 saturated heterocycles. The van der Waals surface area contributed by atoms with Crippen LogP contribution in [-0.2, 0) is 5.75 Å². The molecule has 0 saturated carbocycles. The molecule has 3 N–H and O–H groups in total. The summed E-state index contributed by atoms with van der Waals surface area (Å²) in [5, 5.41) is 8.16. The molecule has 3 amide bonds. The number of nitrogens with one attached hydrogen (secondary N) is 3. The maximum absolute atomic E-state index is 12.3. The van der Waals surface area contributed by atoms with E-state index in [1.165, 1.54) is 5.56 Å². The molecule has 0 aliphatic heterocycles. The molecule has 2 rings (SSSR count). The number of urea groups is 1. The zero-order valence-electron chi connectivity index (χ0n) is 14.0. The second-order valence-electron chi connectivity index (χ2n) is 5.29. The molecule has 25 heavy (non-hydrogen) atoms. The van der Waals surface area contributed by atoms with E-state index in [4.69, 9.17) is 0 Å². The van der Waals surface area contributed by atoms with E-state index in [9.17, 15) is 9.59 Å². The lowest BCUT2D eigenvalue weighted by Gasteiger charge is -2.09. The quantitative estimate of drug-likeness (QED) is 0.655. The minimum Gasteiger partial charge on any atom is -0.334 e. The molecule has 0 radical (unpaired) electrons. The zero-order chi connectivity index (χ0) is 18.1. The minimum absolute atomic E-state index is 0.167. The van der Waals surface area contributed by atoms with Crippen LogP contribution in [0, 0.1) is 0 Å². The first-order chi connectivity index (χ1) is 12.1. The van der Waals surface area contributed by atoms with Crippen LogP contribution < -0.4 is 16.0 Å². The Balaban J connectivity index is 1.92. The minimum atomic E-state index is -0.304. The fourth-order valence-electron chi connectivity index (χ4n) is 2.10. The van der Waals surface area contributed by atoms with Gasteiger partial charge in [0.1, 0.15) is 0 Å². The van der Waals surface area contributed by atoms with Gasteiger partial charge >= 0.3 is 6.03 Å². The second kappa shape index (κ2) is 9.54. The summed E-state index contributed by atoms with van der Waals surface area (Å²) >= 11 is 1.74. The number of anilines is 2. The first kappa shape index (κ1) is 18.6. The number of hydrogen-bond acceptors (Lipinski definition) is 3. The zero-order valence-corrected chi connectivity index (χ0v) is 14.9. The molecule has 6 heteroatoms. The van der Waals surface area contributed by atoms with Crippen molar-refractivity contribution in [2.45, 2.75) is 5.75 Å². The normalized spacial score (nSPS) is 9.96. The number of thioether (sulfide) groups is 1. The Kier molecular flexibility index (Phi) is 7.10. The van der Waals surface area contributed by atoms with Gasteiger partial charge in [-0.25, -0.2) is 4.79 Å². The highest BCUT2D eigenvalue weighted by atomic mass is 32.2. The predicted octanol–water partition coefficient (Wildman–Crippen LogP) is 4.11. The fourth-order valence-corrected chi connectivity index (χ4v) is 2.63. The van der Waals surface area contributed by atoms with Crippen molar-refractivity contribution >= 4 is 35.1 Å². The highest BCUT2D eigenvalue weighted by Gasteiger charge is 2.06. The average molecular weight is 355 g/mol. The molecule has 0 aromatic heterocycles. The number of carbonyl (C=O) groups excluding carboxylic acids is 2. The fraction of sp³-hybridized carbons (Fsp3) is 0.158. The molecule has 0 unspecified atom stereocenters. The lowest BCUT2D eigenvalue weighted by atomic mass is 10.1. The van der Waals surface area contributed by atoms with E-state index in [2.05, 4.69) is 22.5 Å². The van der Waals surface area contributed by atoms with Crippen molar-refractivity contribution in [3.63, 3.8) is 0 Å². The van der Waals surface area contributed by atoms with E-state index in [0.29, 0.717) is 23.5 Å². The highest BCUT2D eigenvalue weighted by molar-refractivity contribution is 7.97. The SMILES string of the molecule is C=CCNC(=O)Nc1ccc(NC(=O)c2ccc(CSC)cc2)cc1. The molecule has 0 aliphatic carbocycles. The monoisotopic (exact) mass is 355 g/mol. The summed E-state index contributed by atoms with van der Waals surface area (Å²) in [4.78, 5) is 23.8. The van der Waals surface area contributed by atoms with Gasteiger partial charge in [-0.1, -0.05) is 18.2 Å². The number of hydrogen-bond donors (Lipinski definition) is 3. The molecule has 2 aromatic carbocycles. The summed E-state index contributed by atoms with van der Waals surface area (Å²) in [5.74, 6) is 0.761. The van der Waals surface area contributed by atoms with Crippen LogP contribution in [-0.4, -0.2) is 24.7 Å². The molecule has 0 atom stereocenters. The van der Waals surface area contributed by atoms with Crippen molar-refractivity contribution < 1.29 is 9.59 Å². The van der Waals surface area contributed by atoms with Gasteiger partial charge in [-0.05, 0) is 48.2 Å². The van der Waals surface area contributed by atoms with E-state index >= 15 is 0 Å². The van der Waals surface area contributed by atoms with Crippen LogP contribution in [0.25, 0.3) is 0 Å². The summed E-state index contributed by atoms with van der Waals surface area (Å²) < 4.78 is 0. The molecule has 0 spiro atoms. The van der Waals surface area contributed by atoms with Crippen molar-refractivity contribution in [3.8, 4) is 0 Å². The Hall–Kier alpha value is -2.73. The van der Waals surface area contributed by atoms with Gasteiger partial charge in [0.2, 0.25) is 0 Å². The van der Waals surface area contributed by atoms with Crippen LogP contribution in [0.1, 0.15) is 15.9 Å². The molecular weight excluding hydrogens is 334 g/mol. The number of amides is 3. The first-order valence-electron chi connectivity index (χ1n) is 7.77. The third-order valence-corrected chi connectivity index (χ3v) is 3.96. The first-order valence-corrected chi connectivity index (χ1v) is 9.17. The van der Waals surface area contributed by atoms with E-state index in [-0.39, 0.29) is 11.9 Å². The van der Waals surface area contributed by atoms with Crippen LogP contribution >= 0.6 is 11.8 Å². The Morgan fingerprint density at radius 2 is 1.60 bits per heavy atom. The molecular formula is C19H21N3O2S. The molecule has 0 bridgehead atoms. The van der Waals surface area contributed by atoms with Crippen LogP contribution in [0.2, 0.25) is 0 Å². The van der Waals surface area contributed by atoms with Gasteiger partial charge in [0.05, 0.1) is 0 Å². The summed E-state index contributed by atoms with van der Waals surface area (Å²) in [6.07, 6.45) is 3.65.